The fraction of sp³-hybridized carbons (Fsp3) is 0.500. The minimum absolute atomic E-state index is 0.0184. The Morgan fingerprint density at radius 1 is 1.18 bits per heavy atom. The second kappa shape index (κ2) is 10.2. The van der Waals surface area contributed by atoms with Gasteiger partial charge in [-0.15, -0.1) is 0 Å². The molecule has 1 atom stereocenters. The molecule has 0 saturated carbocycles. The molecule has 0 aromatic heterocycles. The molecule has 9 nitrogen and oxygen atoms in total. The number of amides is 3. The first-order valence-electron chi connectivity index (χ1n) is 8.84. The third-order valence-corrected chi connectivity index (χ3v) is 6.08. The van der Waals surface area contributed by atoms with E-state index >= 15 is 0 Å². The lowest BCUT2D eigenvalue weighted by Gasteiger charge is -2.21. The van der Waals surface area contributed by atoms with Gasteiger partial charge in [-0.1, -0.05) is 13.0 Å². The molecule has 2 N–H and O–H groups in total. The summed E-state index contributed by atoms with van der Waals surface area (Å²) in [6.07, 6.45) is 0.696. The third-order valence-electron chi connectivity index (χ3n) is 4.05. The monoisotopic (exact) mass is 413 g/mol. The van der Waals surface area contributed by atoms with Crippen LogP contribution in [0.5, 0.6) is 0 Å². The molecule has 156 valence electrons. The second-order valence-electron chi connectivity index (χ2n) is 6.55. The summed E-state index contributed by atoms with van der Waals surface area (Å²) >= 11 is 0. The van der Waals surface area contributed by atoms with Crippen LogP contribution in [0.2, 0.25) is 0 Å². The highest BCUT2D eigenvalue weighted by Crippen LogP contribution is 2.18. The molecule has 10 heteroatoms. The molecular formula is C18H27N3O6S. The van der Waals surface area contributed by atoms with E-state index in [2.05, 4.69) is 5.32 Å². The lowest BCUT2D eigenvalue weighted by molar-refractivity contribution is -0.123. The number of rotatable bonds is 8. The second-order valence-corrected chi connectivity index (χ2v) is 8.55. The molecule has 0 saturated heterocycles. The molecule has 0 aliphatic carbocycles. The molecule has 3 amide bonds. The summed E-state index contributed by atoms with van der Waals surface area (Å²) in [5, 5.41) is 4.59. The van der Waals surface area contributed by atoms with Gasteiger partial charge in [0.25, 0.3) is 5.91 Å². The van der Waals surface area contributed by atoms with Crippen LogP contribution in [0.3, 0.4) is 0 Å². The molecule has 0 heterocycles. The quantitative estimate of drug-likeness (QED) is 0.623. The standard InChI is InChI=1S/C18H27N3O6S/c1-6-13(4)19-18(24)20-16(22)11-27-17(23)14-8-7-9-15(10-14)28(25,26)21(5)12(2)3/h7-10,12-13H,6,11H2,1-5H3,(H2,19,20,22,24)/t13-/m0/s1. The Kier molecular flexibility index (Phi) is 8.58. The summed E-state index contributed by atoms with van der Waals surface area (Å²) in [5.74, 6) is -1.67. The number of nitrogens with zero attached hydrogens (tertiary/aromatic N) is 1. The Labute approximate surface area is 165 Å². The van der Waals surface area contributed by atoms with E-state index in [0.29, 0.717) is 6.42 Å². The summed E-state index contributed by atoms with van der Waals surface area (Å²) in [4.78, 5) is 35.3. The van der Waals surface area contributed by atoms with Crippen molar-refractivity contribution in [1.29, 1.82) is 0 Å². The van der Waals surface area contributed by atoms with Crippen LogP contribution in [0.1, 0.15) is 44.5 Å². The van der Waals surface area contributed by atoms with E-state index in [1.54, 1.807) is 20.8 Å². The van der Waals surface area contributed by atoms with Crippen molar-refractivity contribution >= 4 is 27.9 Å². The molecule has 1 rings (SSSR count). The maximum atomic E-state index is 12.5. The molecule has 0 aliphatic rings. The van der Waals surface area contributed by atoms with Gasteiger partial charge in [0.05, 0.1) is 10.5 Å². The highest BCUT2D eigenvalue weighted by Gasteiger charge is 2.24. The number of carbonyl (C=O) groups excluding carboxylic acids is 3. The molecular weight excluding hydrogens is 386 g/mol. The Morgan fingerprint density at radius 3 is 2.39 bits per heavy atom. The number of ether oxygens (including phenoxy) is 1. The number of benzene rings is 1. The van der Waals surface area contributed by atoms with Gasteiger partial charge in [-0.3, -0.25) is 10.1 Å². The number of hydrogen-bond donors (Lipinski definition) is 2. The van der Waals surface area contributed by atoms with Gasteiger partial charge >= 0.3 is 12.0 Å². The number of nitrogens with one attached hydrogen (secondary N) is 2. The highest BCUT2D eigenvalue weighted by atomic mass is 32.2. The van der Waals surface area contributed by atoms with Crippen molar-refractivity contribution < 1.29 is 27.5 Å². The van der Waals surface area contributed by atoms with Crippen LogP contribution in [0.15, 0.2) is 29.2 Å². The molecule has 1 aromatic carbocycles. The Hall–Kier alpha value is -2.46. The minimum Gasteiger partial charge on any atom is -0.452 e. The van der Waals surface area contributed by atoms with Crippen molar-refractivity contribution in [1.82, 2.24) is 14.9 Å². The SMILES string of the molecule is CC[C@H](C)NC(=O)NC(=O)COC(=O)c1cccc(S(=O)(=O)N(C)C(C)C)c1. The largest absolute Gasteiger partial charge is 0.452 e. The van der Waals surface area contributed by atoms with Crippen LogP contribution in [-0.4, -0.2) is 56.4 Å². The van der Waals surface area contributed by atoms with E-state index in [4.69, 9.17) is 4.74 Å². The van der Waals surface area contributed by atoms with E-state index in [9.17, 15) is 22.8 Å². The van der Waals surface area contributed by atoms with Crippen molar-refractivity contribution in [2.24, 2.45) is 0 Å². The fourth-order valence-electron chi connectivity index (χ4n) is 1.97. The van der Waals surface area contributed by atoms with Crippen LogP contribution >= 0.6 is 0 Å². The van der Waals surface area contributed by atoms with Gasteiger partial charge in [-0.2, -0.15) is 4.31 Å². The molecule has 1 aromatic rings. The van der Waals surface area contributed by atoms with Gasteiger partial charge in [0.1, 0.15) is 0 Å². The summed E-state index contributed by atoms with van der Waals surface area (Å²) in [6, 6.07) is 4.30. The summed E-state index contributed by atoms with van der Waals surface area (Å²) in [7, 11) is -2.32. The van der Waals surface area contributed by atoms with Gasteiger partial charge in [-0.25, -0.2) is 18.0 Å². The number of carbonyl (C=O) groups is 3. The predicted octanol–water partition coefficient (Wildman–Crippen LogP) is 1.50. The number of imide groups is 1. The zero-order chi connectivity index (χ0) is 21.5. The number of urea groups is 1. The first kappa shape index (κ1) is 23.6. The van der Waals surface area contributed by atoms with E-state index < -0.39 is 34.5 Å². The maximum absolute atomic E-state index is 12.5. The molecule has 0 unspecified atom stereocenters. The highest BCUT2D eigenvalue weighted by molar-refractivity contribution is 7.89. The smallest absolute Gasteiger partial charge is 0.338 e. The predicted molar refractivity (Wildman–Crippen MR) is 103 cm³/mol. The van der Waals surface area contributed by atoms with Crippen LogP contribution in [0, 0.1) is 0 Å². The van der Waals surface area contributed by atoms with Crippen LogP contribution in [-0.2, 0) is 19.6 Å². The Balaban J connectivity index is 2.74. The fourth-order valence-corrected chi connectivity index (χ4v) is 3.38. The Morgan fingerprint density at radius 2 is 1.82 bits per heavy atom. The van der Waals surface area contributed by atoms with Gasteiger partial charge in [0.2, 0.25) is 10.0 Å². The van der Waals surface area contributed by atoms with E-state index in [1.165, 1.54) is 35.6 Å². The summed E-state index contributed by atoms with van der Waals surface area (Å²) in [6.45, 7) is 6.44. The van der Waals surface area contributed by atoms with Gasteiger partial charge in [-0.05, 0) is 45.4 Å². The van der Waals surface area contributed by atoms with Crippen molar-refractivity contribution in [3.8, 4) is 0 Å². The van der Waals surface area contributed by atoms with Gasteiger partial charge in [0, 0.05) is 19.1 Å². The van der Waals surface area contributed by atoms with Gasteiger partial charge < -0.3 is 10.1 Å². The zero-order valence-electron chi connectivity index (χ0n) is 16.7. The van der Waals surface area contributed by atoms with Crippen LogP contribution < -0.4 is 10.6 Å². The maximum Gasteiger partial charge on any atom is 0.338 e. The lowest BCUT2D eigenvalue weighted by atomic mass is 10.2. The van der Waals surface area contributed by atoms with E-state index in [0.717, 1.165) is 0 Å². The van der Waals surface area contributed by atoms with Crippen LogP contribution in [0.4, 0.5) is 4.79 Å². The summed E-state index contributed by atoms with van der Waals surface area (Å²) in [5.41, 5.74) is -0.0184. The topological polar surface area (TPSA) is 122 Å². The molecule has 0 aliphatic heterocycles. The van der Waals surface area contributed by atoms with Crippen molar-refractivity contribution in [2.45, 2.75) is 51.1 Å². The van der Waals surface area contributed by atoms with Crippen molar-refractivity contribution in [3.63, 3.8) is 0 Å². The molecule has 0 fully saturated rings. The third kappa shape index (κ3) is 6.61. The molecule has 0 radical (unpaired) electrons. The van der Waals surface area contributed by atoms with Crippen molar-refractivity contribution in [3.05, 3.63) is 29.8 Å². The number of sulfonamides is 1. The van der Waals surface area contributed by atoms with Crippen molar-refractivity contribution in [2.75, 3.05) is 13.7 Å². The number of esters is 1. The molecule has 0 bridgehead atoms. The van der Waals surface area contributed by atoms with Gasteiger partial charge in [0.15, 0.2) is 6.61 Å². The zero-order valence-corrected chi connectivity index (χ0v) is 17.5. The molecule has 0 spiro atoms. The normalized spacial score (nSPS) is 12.5. The minimum atomic E-state index is -3.76. The van der Waals surface area contributed by atoms with E-state index in [1.807, 2.05) is 12.2 Å². The Bertz CT molecular complexity index is 822. The van der Waals surface area contributed by atoms with Crippen LogP contribution in [0.25, 0.3) is 0 Å². The van der Waals surface area contributed by atoms with E-state index in [-0.39, 0.29) is 22.5 Å². The average molecular weight is 413 g/mol. The lowest BCUT2D eigenvalue weighted by Crippen LogP contribution is -2.44. The average Bonchev–Trinajstić information content (AvgIpc) is 2.65. The first-order valence-corrected chi connectivity index (χ1v) is 10.3. The first-order chi connectivity index (χ1) is 13.0. The number of hydrogen-bond acceptors (Lipinski definition) is 6. The molecule has 28 heavy (non-hydrogen) atoms. The summed E-state index contributed by atoms with van der Waals surface area (Å²) < 4.78 is 31.1.